The lowest BCUT2D eigenvalue weighted by atomic mass is 9.54. The maximum Gasteiger partial charge on any atom is 0.362 e. The highest BCUT2D eigenvalue weighted by Crippen LogP contribution is 2.75. The molecule has 3 atom stereocenters. The lowest BCUT2D eigenvalue weighted by molar-refractivity contribution is -0.224. The summed E-state index contributed by atoms with van der Waals surface area (Å²) in [4.78, 5) is 2.50. The summed E-state index contributed by atoms with van der Waals surface area (Å²) in [5, 5.41) is 0. The molecule has 170 valence electrons. The molecule has 0 saturated carbocycles. The van der Waals surface area contributed by atoms with E-state index in [1.54, 1.807) is 59.8 Å². The van der Waals surface area contributed by atoms with Gasteiger partial charge in [-0.25, -0.2) is 4.39 Å². The van der Waals surface area contributed by atoms with Gasteiger partial charge in [0.05, 0.1) is 0 Å². The Bertz CT molecular complexity index is 1050. The van der Waals surface area contributed by atoms with Crippen LogP contribution in [0.1, 0.15) is 43.0 Å². The first-order chi connectivity index (χ1) is 14.1. The van der Waals surface area contributed by atoms with E-state index in [0.717, 1.165) is 26.0 Å². The number of rotatable bonds is 3. The molecule has 4 rings (SSSR count). The average Bonchev–Trinajstić information content (AvgIpc) is 3.31. The van der Waals surface area contributed by atoms with E-state index in [-0.39, 0.29) is 16.4 Å². The predicted octanol–water partition coefficient (Wildman–Crippen LogP) is 8.42. The second-order valence-corrected chi connectivity index (χ2v) is 13.1. The van der Waals surface area contributed by atoms with Gasteiger partial charge in [-0.05, 0) is 54.7 Å². The molecule has 0 amide bonds. The van der Waals surface area contributed by atoms with Gasteiger partial charge in [0.15, 0.2) is 5.83 Å². The highest BCUT2D eigenvalue weighted by Gasteiger charge is 2.84. The molecule has 0 fully saturated rings. The zero-order chi connectivity index (χ0) is 23.2. The fourth-order valence-electron chi connectivity index (χ4n) is 5.66. The molecule has 0 nitrogen and oxygen atoms in total. The SMILES string of the molecule is CC1=CC(C)(C2=C(F)C(F)(F)C(F)(F)C2(c2sc(C)cc2C)C2(C)C=C(C)SC2)CS1. The Labute approximate surface area is 192 Å². The molecule has 3 unspecified atom stereocenters. The minimum Gasteiger partial charge on any atom is -0.205 e. The van der Waals surface area contributed by atoms with E-state index < -0.39 is 39.5 Å². The van der Waals surface area contributed by atoms with Crippen LogP contribution in [0.2, 0.25) is 0 Å². The number of hydrogen-bond acceptors (Lipinski definition) is 3. The Kier molecular flexibility index (Phi) is 5.21. The number of alkyl halides is 4. The summed E-state index contributed by atoms with van der Waals surface area (Å²) < 4.78 is 78.8. The van der Waals surface area contributed by atoms with E-state index in [1.165, 1.54) is 23.5 Å². The van der Waals surface area contributed by atoms with Crippen molar-refractivity contribution in [1.29, 1.82) is 0 Å². The van der Waals surface area contributed by atoms with Crippen molar-refractivity contribution in [3.63, 3.8) is 0 Å². The topological polar surface area (TPSA) is 0 Å². The summed E-state index contributed by atoms with van der Waals surface area (Å²) in [6.45, 7) is 10.2. The van der Waals surface area contributed by atoms with Crippen LogP contribution in [0.25, 0.3) is 0 Å². The smallest absolute Gasteiger partial charge is 0.205 e. The lowest BCUT2D eigenvalue weighted by Crippen LogP contribution is -2.61. The first-order valence-corrected chi connectivity index (χ1v) is 12.8. The maximum absolute atomic E-state index is 16.3. The van der Waals surface area contributed by atoms with Crippen molar-refractivity contribution in [2.24, 2.45) is 10.8 Å². The van der Waals surface area contributed by atoms with Crippen LogP contribution in [0.4, 0.5) is 22.0 Å². The molecule has 3 aliphatic rings. The lowest BCUT2D eigenvalue weighted by Gasteiger charge is -2.51. The van der Waals surface area contributed by atoms with Crippen molar-refractivity contribution < 1.29 is 22.0 Å². The predicted molar refractivity (Wildman–Crippen MR) is 122 cm³/mol. The van der Waals surface area contributed by atoms with Crippen LogP contribution in [0.15, 0.2) is 39.4 Å². The van der Waals surface area contributed by atoms with Gasteiger partial charge in [0.25, 0.3) is 0 Å². The van der Waals surface area contributed by atoms with E-state index in [9.17, 15) is 0 Å². The number of thiophene rings is 1. The fourth-order valence-corrected chi connectivity index (χ4v) is 9.32. The molecule has 1 aromatic rings. The monoisotopic (exact) mass is 492 g/mol. The Morgan fingerprint density at radius 1 is 0.871 bits per heavy atom. The van der Waals surface area contributed by atoms with Gasteiger partial charge in [0, 0.05) is 32.1 Å². The van der Waals surface area contributed by atoms with E-state index in [2.05, 4.69) is 0 Å². The van der Waals surface area contributed by atoms with Crippen molar-refractivity contribution in [3.8, 4) is 0 Å². The molecule has 3 heterocycles. The molecule has 0 spiro atoms. The zero-order valence-corrected chi connectivity index (χ0v) is 20.7. The molecular formula is C23H25F5S3. The second-order valence-electron chi connectivity index (χ2n) is 9.38. The van der Waals surface area contributed by atoms with Gasteiger partial charge in [0.2, 0.25) is 0 Å². The van der Waals surface area contributed by atoms with E-state index in [0.29, 0.717) is 5.56 Å². The largest absolute Gasteiger partial charge is 0.362 e. The zero-order valence-electron chi connectivity index (χ0n) is 18.3. The third kappa shape index (κ3) is 2.79. The molecule has 0 aromatic carbocycles. The van der Waals surface area contributed by atoms with Gasteiger partial charge in [-0.3, -0.25) is 0 Å². The normalized spacial score (nSPS) is 36.9. The van der Waals surface area contributed by atoms with Gasteiger partial charge in [-0.2, -0.15) is 17.6 Å². The van der Waals surface area contributed by atoms with Crippen molar-refractivity contribution in [3.05, 3.63) is 54.7 Å². The van der Waals surface area contributed by atoms with Crippen molar-refractivity contribution in [2.45, 2.75) is 58.8 Å². The molecule has 0 N–H and O–H groups in total. The van der Waals surface area contributed by atoms with Crippen LogP contribution in [0.3, 0.4) is 0 Å². The fraction of sp³-hybridized carbons (Fsp3) is 0.565. The molecule has 1 aliphatic carbocycles. The first-order valence-electron chi connectivity index (χ1n) is 10.0. The van der Waals surface area contributed by atoms with Crippen LogP contribution >= 0.6 is 34.9 Å². The number of halogens is 5. The van der Waals surface area contributed by atoms with Crippen LogP contribution in [-0.4, -0.2) is 23.4 Å². The first kappa shape index (κ1) is 23.4. The van der Waals surface area contributed by atoms with Crippen LogP contribution < -0.4 is 0 Å². The summed E-state index contributed by atoms with van der Waals surface area (Å²) in [5.41, 5.74) is -5.07. The molecule has 0 saturated heterocycles. The van der Waals surface area contributed by atoms with E-state index in [1.807, 2.05) is 0 Å². The standard InChI is InChI=1S/C23H25F5S3/c1-12-7-13(2)31-18(12)21(20(6)9-15(4)30-11-20)16(19(5)8-14(3)29-10-19)17(24)22(25,26)23(21,27)28/h7-9H,10-11H2,1-6H3. The van der Waals surface area contributed by atoms with E-state index in [4.69, 9.17) is 0 Å². The van der Waals surface area contributed by atoms with Crippen molar-refractivity contribution in [1.82, 2.24) is 0 Å². The number of allylic oxidation sites excluding steroid dienone is 6. The molecular weight excluding hydrogens is 467 g/mol. The quantitative estimate of drug-likeness (QED) is 0.388. The third-order valence-electron chi connectivity index (χ3n) is 6.79. The molecule has 31 heavy (non-hydrogen) atoms. The van der Waals surface area contributed by atoms with Crippen LogP contribution in [0, 0.1) is 24.7 Å². The Morgan fingerprint density at radius 2 is 1.45 bits per heavy atom. The number of aryl methyl sites for hydroxylation is 2. The van der Waals surface area contributed by atoms with Gasteiger partial charge in [-0.15, -0.1) is 34.9 Å². The summed E-state index contributed by atoms with van der Waals surface area (Å²) in [5.74, 6) is -11.0. The Balaban J connectivity index is 2.20. The van der Waals surface area contributed by atoms with Gasteiger partial charge in [0.1, 0.15) is 5.41 Å². The summed E-state index contributed by atoms with van der Waals surface area (Å²) >= 11 is 3.84. The molecule has 8 heteroatoms. The third-order valence-corrected chi connectivity index (χ3v) is 10.7. The van der Waals surface area contributed by atoms with E-state index >= 15 is 22.0 Å². The number of thioether (sulfide) groups is 2. The minimum atomic E-state index is -4.89. The highest BCUT2D eigenvalue weighted by atomic mass is 32.2. The van der Waals surface area contributed by atoms with Gasteiger partial charge < -0.3 is 0 Å². The average molecular weight is 493 g/mol. The minimum absolute atomic E-state index is 0.149. The Morgan fingerprint density at radius 3 is 1.90 bits per heavy atom. The van der Waals surface area contributed by atoms with Crippen molar-refractivity contribution >= 4 is 34.9 Å². The second kappa shape index (κ2) is 6.89. The molecule has 0 bridgehead atoms. The van der Waals surface area contributed by atoms with Gasteiger partial charge in [-0.1, -0.05) is 26.0 Å². The number of hydrogen-bond donors (Lipinski definition) is 0. The highest BCUT2D eigenvalue weighted by molar-refractivity contribution is 8.03. The van der Waals surface area contributed by atoms with Gasteiger partial charge >= 0.3 is 11.8 Å². The maximum atomic E-state index is 16.3. The summed E-state index contributed by atoms with van der Waals surface area (Å²) in [6.07, 6.45) is 3.35. The summed E-state index contributed by atoms with van der Waals surface area (Å²) in [7, 11) is 0. The Hall–Kier alpha value is -0.730. The summed E-state index contributed by atoms with van der Waals surface area (Å²) in [6, 6.07) is 1.73. The van der Waals surface area contributed by atoms with Crippen LogP contribution in [-0.2, 0) is 5.41 Å². The molecule has 2 aliphatic heterocycles. The molecule has 1 aromatic heterocycles. The van der Waals surface area contributed by atoms with Crippen LogP contribution in [0.5, 0.6) is 0 Å². The van der Waals surface area contributed by atoms with Crippen molar-refractivity contribution in [2.75, 3.05) is 11.5 Å². The molecule has 0 radical (unpaired) electrons.